The lowest BCUT2D eigenvalue weighted by molar-refractivity contribution is -0.152. The minimum absolute atomic E-state index is 0.108. The SMILES string of the molecule is C=CCCCC[C@@H](COC)C(C)(N=C(c1ccccc1)c1ccccc1)C(=O)OCC. The lowest BCUT2D eigenvalue weighted by Crippen LogP contribution is -2.45. The highest BCUT2D eigenvalue weighted by Gasteiger charge is 2.43. The van der Waals surface area contributed by atoms with Crippen molar-refractivity contribution in [1.82, 2.24) is 0 Å². The predicted octanol–water partition coefficient (Wildman–Crippen LogP) is 5.85. The van der Waals surface area contributed by atoms with E-state index in [1.54, 1.807) is 7.11 Å². The van der Waals surface area contributed by atoms with Crippen molar-refractivity contribution in [3.63, 3.8) is 0 Å². The number of carbonyl (C=O) groups excluding carboxylic acids is 1. The first-order chi connectivity index (χ1) is 15.1. The lowest BCUT2D eigenvalue weighted by atomic mass is 9.82. The molecule has 0 fully saturated rings. The molecule has 2 aromatic carbocycles. The van der Waals surface area contributed by atoms with Crippen LogP contribution >= 0.6 is 0 Å². The molecule has 0 amide bonds. The zero-order chi connectivity index (χ0) is 22.5. The van der Waals surface area contributed by atoms with Gasteiger partial charge < -0.3 is 9.47 Å². The van der Waals surface area contributed by atoms with Crippen LogP contribution in [0.1, 0.15) is 50.7 Å². The summed E-state index contributed by atoms with van der Waals surface area (Å²) in [6.07, 6.45) is 5.69. The molecule has 4 heteroatoms. The van der Waals surface area contributed by atoms with Crippen molar-refractivity contribution in [2.75, 3.05) is 20.3 Å². The molecule has 0 aliphatic rings. The van der Waals surface area contributed by atoms with Crippen molar-refractivity contribution in [2.24, 2.45) is 10.9 Å². The number of esters is 1. The summed E-state index contributed by atoms with van der Waals surface area (Å²) in [5, 5.41) is 0. The first-order valence-electron chi connectivity index (χ1n) is 11.0. The Morgan fingerprint density at radius 3 is 2.13 bits per heavy atom. The molecule has 4 nitrogen and oxygen atoms in total. The number of methoxy groups -OCH3 is 1. The van der Waals surface area contributed by atoms with Gasteiger partial charge in [0.25, 0.3) is 0 Å². The van der Waals surface area contributed by atoms with Gasteiger partial charge in [0, 0.05) is 24.2 Å². The molecule has 2 atom stereocenters. The van der Waals surface area contributed by atoms with Gasteiger partial charge in [-0.15, -0.1) is 6.58 Å². The highest BCUT2D eigenvalue weighted by Crippen LogP contribution is 2.31. The topological polar surface area (TPSA) is 47.9 Å². The number of ether oxygens (including phenoxy) is 2. The van der Waals surface area contributed by atoms with Crippen LogP contribution in [0.4, 0.5) is 0 Å². The second kappa shape index (κ2) is 12.9. The van der Waals surface area contributed by atoms with E-state index in [2.05, 4.69) is 6.58 Å². The Labute approximate surface area is 187 Å². The number of nitrogens with zero attached hydrogens (tertiary/aromatic N) is 1. The van der Waals surface area contributed by atoms with Crippen LogP contribution in [-0.2, 0) is 14.3 Å². The van der Waals surface area contributed by atoms with E-state index in [-0.39, 0.29) is 11.9 Å². The van der Waals surface area contributed by atoms with Gasteiger partial charge in [-0.05, 0) is 33.1 Å². The van der Waals surface area contributed by atoms with E-state index in [9.17, 15) is 4.79 Å². The summed E-state index contributed by atoms with van der Waals surface area (Å²) < 4.78 is 11.0. The summed E-state index contributed by atoms with van der Waals surface area (Å²) >= 11 is 0. The van der Waals surface area contributed by atoms with Gasteiger partial charge >= 0.3 is 5.97 Å². The quantitative estimate of drug-likeness (QED) is 0.176. The van der Waals surface area contributed by atoms with Gasteiger partial charge in [-0.2, -0.15) is 0 Å². The maximum atomic E-state index is 13.3. The Hall–Kier alpha value is -2.72. The molecule has 0 saturated carbocycles. The summed E-state index contributed by atoms with van der Waals surface area (Å²) in [5.74, 6) is -0.422. The van der Waals surface area contributed by atoms with Crippen LogP contribution < -0.4 is 0 Å². The second-order valence-corrected chi connectivity index (χ2v) is 7.79. The Morgan fingerprint density at radius 2 is 1.65 bits per heavy atom. The molecule has 0 heterocycles. The third-order valence-corrected chi connectivity index (χ3v) is 5.50. The number of unbranched alkanes of at least 4 members (excludes halogenated alkanes) is 2. The Morgan fingerprint density at radius 1 is 1.06 bits per heavy atom. The van der Waals surface area contributed by atoms with Crippen LogP contribution in [0.15, 0.2) is 78.3 Å². The number of benzene rings is 2. The monoisotopic (exact) mass is 421 g/mol. The van der Waals surface area contributed by atoms with Crippen LogP contribution in [0.3, 0.4) is 0 Å². The zero-order valence-corrected chi connectivity index (χ0v) is 19.0. The number of allylic oxidation sites excluding steroid dienone is 1. The first-order valence-corrected chi connectivity index (χ1v) is 11.0. The predicted molar refractivity (Wildman–Crippen MR) is 128 cm³/mol. The van der Waals surface area contributed by atoms with Crippen LogP contribution in [0.25, 0.3) is 0 Å². The number of hydrogen-bond acceptors (Lipinski definition) is 4. The van der Waals surface area contributed by atoms with Crippen molar-refractivity contribution in [3.05, 3.63) is 84.4 Å². The largest absolute Gasteiger partial charge is 0.464 e. The molecule has 0 aliphatic carbocycles. The summed E-state index contributed by atoms with van der Waals surface area (Å²) in [6, 6.07) is 20.0. The molecule has 0 saturated heterocycles. The van der Waals surface area contributed by atoms with Gasteiger partial charge in [0.1, 0.15) is 0 Å². The number of hydrogen-bond donors (Lipinski definition) is 0. The van der Waals surface area contributed by atoms with Gasteiger partial charge in [-0.25, -0.2) is 4.79 Å². The summed E-state index contributed by atoms with van der Waals surface area (Å²) in [7, 11) is 1.67. The molecule has 0 N–H and O–H groups in total. The van der Waals surface area contributed by atoms with Crippen LogP contribution in [-0.4, -0.2) is 37.5 Å². The normalized spacial score (nSPS) is 13.6. The van der Waals surface area contributed by atoms with Crippen LogP contribution in [0.5, 0.6) is 0 Å². The third-order valence-electron chi connectivity index (χ3n) is 5.50. The molecule has 166 valence electrons. The second-order valence-electron chi connectivity index (χ2n) is 7.79. The molecule has 0 radical (unpaired) electrons. The molecule has 0 aromatic heterocycles. The van der Waals surface area contributed by atoms with Crippen molar-refractivity contribution in [2.45, 2.75) is 45.1 Å². The maximum Gasteiger partial charge on any atom is 0.334 e. The van der Waals surface area contributed by atoms with Crippen molar-refractivity contribution >= 4 is 11.7 Å². The molecular weight excluding hydrogens is 386 g/mol. The van der Waals surface area contributed by atoms with E-state index in [4.69, 9.17) is 14.5 Å². The van der Waals surface area contributed by atoms with Crippen molar-refractivity contribution < 1.29 is 14.3 Å². The number of aliphatic imine (C=N–C) groups is 1. The number of carbonyl (C=O) groups is 1. The fraction of sp³-hybridized carbons (Fsp3) is 0.407. The lowest BCUT2D eigenvalue weighted by Gasteiger charge is -2.33. The van der Waals surface area contributed by atoms with Crippen molar-refractivity contribution in [1.29, 1.82) is 0 Å². The molecule has 0 spiro atoms. The molecule has 2 rings (SSSR count). The van der Waals surface area contributed by atoms with E-state index in [1.165, 1.54) is 0 Å². The highest BCUT2D eigenvalue weighted by atomic mass is 16.5. The minimum atomic E-state index is -1.07. The molecule has 0 bridgehead atoms. The van der Waals surface area contributed by atoms with Gasteiger partial charge in [0.05, 0.1) is 18.9 Å². The number of rotatable bonds is 13. The van der Waals surface area contributed by atoms with Gasteiger partial charge in [0.2, 0.25) is 0 Å². The molecule has 31 heavy (non-hydrogen) atoms. The minimum Gasteiger partial charge on any atom is -0.464 e. The summed E-state index contributed by atoms with van der Waals surface area (Å²) in [5.41, 5.74) is 1.64. The molecular formula is C27H35NO3. The van der Waals surface area contributed by atoms with E-state index < -0.39 is 5.54 Å². The summed E-state index contributed by atoms with van der Waals surface area (Å²) in [6.45, 7) is 8.26. The van der Waals surface area contributed by atoms with E-state index >= 15 is 0 Å². The van der Waals surface area contributed by atoms with Crippen LogP contribution in [0.2, 0.25) is 0 Å². The van der Waals surface area contributed by atoms with Gasteiger partial charge in [-0.3, -0.25) is 4.99 Å². The van der Waals surface area contributed by atoms with Gasteiger partial charge in [0.15, 0.2) is 5.54 Å². The standard InChI is InChI=1S/C27H35NO3/c1-5-7-8-15-20-24(21-30-4)27(3,26(29)31-6-2)28-25(22-16-11-9-12-17-22)23-18-13-10-14-19-23/h5,9-14,16-19,24H,1,6-8,15,20-21H2,2-4H3/t24-,27?/m0/s1. The van der Waals surface area contributed by atoms with E-state index in [0.717, 1.165) is 42.5 Å². The Bertz CT molecular complexity index is 791. The maximum absolute atomic E-state index is 13.3. The fourth-order valence-electron chi connectivity index (χ4n) is 3.71. The smallest absolute Gasteiger partial charge is 0.334 e. The first kappa shape index (κ1) is 24.5. The molecule has 2 aromatic rings. The zero-order valence-electron chi connectivity index (χ0n) is 19.0. The van der Waals surface area contributed by atoms with E-state index in [1.807, 2.05) is 80.6 Å². The third kappa shape index (κ3) is 6.90. The highest BCUT2D eigenvalue weighted by molar-refractivity contribution is 6.13. The van der Waals surface area contributed by atoms with E-state index in [0.29, 0.717) is 13.2 Å². The average Bonchev–Trinajstić information content (AvgIpc) is 2.80. The van der Waals surface area contributed by atoms with Crippen LogP contribution in [0, 0.1) is 5.92 Å². The Kier molecular flexibility index (Phi) is 10.2. The summed E-state index contributed by atoms with van der Waals surface area (Å²) in [4.78, 5) is 18.4. The Balaban J connectivity index is 2.57. The molecule has 0 aliphatic heterocycles. The van der Waals surface area contributed by atoms with Crippen molar-refractivity contribution in [3.8, 4) is 0 Å². The molecule has 1 unspecified atom stereocenters. The van der Waals surface area contributed by atoms with Gasteiger partial charge in [-0.1, -0.05) is 73.2 Å². The average molecular weight is 422 g/mol. The fourth-order valence-corrected chi connectivity index (χ4v) is 3.71.